The molecule has 2 aromatic rings. The van der Waals surface area contributed by atoms with Gasteiger partial charge in [0.1, 0.15) is 5.56 Å². The molecule has 0 unspecified atom stereocenters. The molecule has 0 fully saturated rings. The number of anilines is 1. The van der Waals surface area contributed by atoms with Crippen molar-refractivity contribution in [1.29, 1.82) is 0 Å². The Morgan fingerprint density at radius 3 is 2.72 bits per heavy atom. The summed E-state index contributed by atoms with van der Waals surface area (Å²) >= 11 is 1.24. The van der Waals surface area contributed by atoms with Gasteiger partial charge in [-0.2, -0.15) is 0 Å². The van der Waals surface area contributed by atoms with Crippen molar-refractivity contribution in [2.75, 3.05) is 5.32 Å². The third-order valence-corrected chi connectivity index (χ3v) is 3.03. The number of hydrogen-bond donors (Lipinski definition) is 1. The Balaban J connectivity index is 2.43. The minimum absolute atomic E-state index is 0.102. The van der Waals surface area contributed by atoms with Crippen molar-refractivity contribution in [3.63, 3.8) is 0 Å². The van der Waals surface area contributed by atoms with Gasteiger partial charge in [-0.05, 0) is 0 Å². The molecule has 2 heterocycles. The van der Waals surface area contributed by atoms with Crippen LogP contribution >= 0.6 is 11.3 Å². The highest BCUT2D eigenvalue weighted by Gasteiger charge is 2.15. The molecule has 0 aliphatic carbocycles. The second-order valence-corrected chi connectivity index (χ2v) is 4.49. The van der Waals surface area contributed by atoms with Crippen LogP contribution < -0.4 is 16.6 Å². The number of aryl methyl sites for hydroxylation is 1. The normalized spacial score (nSPS) is 10.3. The summed E-state index contributed by atoms with van der Waals surface area (Å²) in [7, 11) is 2.80. The fourth-order valence-corrected chi connectivity index (χ4v) is 1.94. The lowest BCUT2D eigenvalue weighted by atomic mass is 10.3. The molecular formula is C10H10N4O3S. The average Bonchev–Trinajstić information content (AvgIpc) is 2.83. The molecule has 0 saturated heterocycles. The van der Waals surface area contributed by atoms with Gasteiger partial charge in [0.15, 0.2) is 5.13 Å². The summed E-state index contributed by atoms with van der Waals surface area (Å²) in [4.78, 5) is 39.0. The summed E-state index contributed by atoms with van der Waals surface area (Å²) in [5, 5.41) is 4.59. The fourth-order valence-electron chi connectivity index (χ4n) is 1.41. The first-order chi connectivity index (χ1) is 8.50. The van der Waals surface area contributed by atoms with E-state index in [2.05, 4.69) is 10.3 Å². The number of hydrogen-bond acceptors (Lipinski definition) is 5. The van der Waals surface area contributed by atoms with Crippen molar-refractivity contribution < 1.29 is 4.79 Å². The highest BCUT2D eigenvalue weighted by atomic mass is 32.1. The maximum Gasteiger partial charge on any atom is 0.330 e. The number of rotatable bonds is 2. The molecular weight excluding hydrogens is 256 g/mol. The summed E-state index contributed by atoms with van der Waals surface area (Å²) in [5.41, 5.74) is -1.22. The second kappa shape index (κ2) is 4.57. The molecule has 0 atom stereocenters. The number of amides is 1. The predicted molar refractivity (Wildman–Crippen MR) is 67.0 cm³/mol. The first-order valence-electron chi connectivity index (χ1n) is 4.98. The number of carbonyl (C=O) groups is 1. The third-order valence-electron chi connectivity index (χ3n) is 2.34. The van der Waals surface area contributed by atoms with Gasteiger partial charge in [-0.15, -0.1) is 11.3 Å². The lowest BCUT2D eigenvalue weighted by Crippen LogP contribution is -2.40. The van der Waals surface area contributed by atoms with Crippen molar-refractivity contribution in [3.8, 4) is 0 Å². The molecule has 7 nitrogen and oxygen atoms in total. The van der Waals surface area contributed by atoms with E-state index in [4.69, 9.17) is 0 Å². The van der Waals surface area contributed by atoms with E-state index < -0.39 is 17.2 Å². The van der Waals surface area contributed by atoms with Crippen molar-refractivity contribution in [2.45, 2.75) is 0 Å². The van der Waals surface area contributed by atoms with E-state index in [9.17, 15) is 14.4 Å². The minimum Gasteiger partial charge on any atom is -0.303 e. The predicted octanol–water partition coefficient (Wildman–Crippen LogP) is -0.207. The smallest absolute Gasteiger partial charge is 0.303 e. The molecule has 94 valence electrons. The molecule has 2 rings (SSSR count). The summed E-state index contributed by atoms with van der Waals surface area (Å²) < 4.78 is 2.06. The van der Waals surface area contributed by atoms with Crippen LogP contribution in [0.3, 0.4) is 0 Å². The topological polar surface area (TPSA) is 86.0 Å². The van der Waals surface area contributed by atoms with Crippen molar-refractivity contribution >= 4 is 22.4 Å². The van der Waals surface area contributed by atoms with Gasteiger partial charge in [0.2, 0.25) is 0 Å². The van der Waals surface area contributed by atoms with Crippen LogP contribution in [0.2, 0.25) is 0 Å². The number of nitrogens with one attached hydrogen (secondary N) is 1. The Kier molecular flexibility index (Phi) is 3.11. The Morgan fingerprint density at radius 1 is 1.39 bits per heavy atom. The van der Waals surface area contributed by atoms with Gasteiger partial charge < -0.3 is 4.57 Å². The Bertz CT molecular complexity index is 699. The van der Waals surface area contributed by atoms with E-state index >= 15 is 0 Å². The van der Waals surface area contributed by atoms with Crippen LogP contribution in [-0.4, -0.2) is 20.0 Å². The Labute approximate surface area is 105 Å². The van der Waals surface area contributed by atoms with Crippen molar-refractivity contribution in [3.05, 3.63) is 44.2 Å². The third kappa shape index (κ3) is 2.09. The van der Waals surface area contributed by atoms with E-state index in [1.165, 1.54) is 36.2 Å². The largest absolute Gasteiger partial charge is 0.330 e. The zero-order chi connectivity index (χ0) is 13.3. The fraction of sp³-hybridized carbons (Fsp3) is 0.200. The number of thiazole rings is 1. The number of carbonyl (C=O) groups excluding carboxylic acids is 1. The number of aromatic nitrogens is 3. The van der Waals surface area contributed by atoms with Gasteiger partial charge in [0, 0.05) is 31.9 Å². The van der Waals surface area contributed by atoms with Crippen LogP contribution in [-0.2, 0) is 14.1 Å². The molecule has 1 amide bonds. The molecule has 0 radical (unpaired) electrons. The zero-order valence-electron chi connectivity index (χ0n) is 9.71. The minimum atomic E-state index is -0.632. The lowest BCUT2D eigenvalue weighted by Gasteiger charge is -2.05. The van der Waals surface area contributed by atoms with E-state index in [0.717, 1.165) is 4.57 Å². The van der Waals surface area contributed by atoms with Crippen molar-refractivity contribution in [1.82, 2.24) is 14.1 Å². The van der Waals surface area contributed by atoms with Crippen LogP contribution in [0.4, 0.5) is 5.13 Å². The SMILES string of the molecule is Cn1cc(C(=O)Nc2nccs2)c(=O)n(C)c1=O. The quantitative estimate of drug-likeness (QED) is 0.815. The van der Waals surface area contributed by atoms with Gasteiger partial charge >= 0.3 is 5.69 Å². The molecule has 1 N–H and O–H groups in total. The van der Waals surface area contributed by atoms with Gasteiger partial charge in [0.05, 0.1) is 0 Å². The van der Waals surface area contributed by atoms with Gasteiger partial charge in [-0.25, -0.2) is 9.78 Å². The molecule has 2 aromatic heterocycles. The summed E-state index contributed by atoms with van der Waals surface area (Å²) in [6.07, 6.45) is 2.76. The molecule has 0 aromatic carbocycles. The molecule has 8 heteroatoms. The Morgan fingerprint density at radius 2 is 2.11 bits per heavy atom. The molecule has 0 saturated carbocycles. The van der Waals surface area contributed by atoms with Crippen LogP contribution in [0.15, 0.2) is 27.4 Å². The zero-order valence-corrected chi connectivity index (χ0v) is 10.5. The van der Waals surface area contributed by atoms with E-state index in [1.807, 2.05) is 0 Å². The van der Waals surface area contributed by atoms with E-state index in [1.54, 1.807) is 11.6 Å². The van der Waals surface area contributed by atoms with Gasteiger partial charge in [0.25, 0.3) is 11.5 Å². The van der Waals surface area contributed by atoms with Crippen LogP contribution in [0.5, 0.6) is 0 Å². The molecule has 0 aliphatic rings. The molecule has 0 aliphatic heterocycles. The van der Waals surface area contributed by atoms with Crippen molar-refractivity contribution in [2.24, 2.45) is 14.1 Å². The first-order valence-corrected chi connectivity index (χ1v) is 5.86. The molecule has 18 heavy (non-hydrogen) atoms. The van der Waals surface area contributed by atoms with Gasteiger partial charge in [-0.1, -0.05) is 0 Å². The lowest BCUT2D eigenvalue weighted by molar-refractivity contribution is 0.102. The maximum absolute atomic E-state index is 11.9. The van der Waals surface area contributed by atoms with E-state index in [-0.39, 0.29) is 5.56 Å². The summed E-state index contributed by atoms with van der Waals surface area (Å²) in [6, 6.07) is 0. The summed E-state index contributed by atoms with van der Waals surface area (Å²) in [5.74, 6) is -0.582. The standard InChI is InChI=1S/C10H10N4O3S/c1-13-5-6(8(16)14(2)10(13)17)7(15)12-9-11-3-4-18-9/h3-5H,1-2H3,(H,11,12,15). The highest BCUT2D eigenvalue weighted by molar-refractivity contribution is 7.13. The van der Waals surface area contributed by atoms with Crippen LogP contribution in [0.25, 0.3) is 0 Å². The van der Waals surface area contributed by atoms with Crippen LogP contribution in [0.1, 0.15) is 10.4 Å². The highest BCUT2D eigenvalue weighted by Crippen LogP contribution is 2.10. The molecule has 0 bridgehead atoms. The van der Waals surface area contributed by atoms with Gasteiger partial charge in [-0.3, -0.25) is 19.5 Å². The second-order valence-electron chi connectivity index (χ2n) is 3.59. The average molecular weight is 266 g/mol. The Hall–Kier alpha value is -2.22. The number of nitrogens with zero attached hydrogens (tertiary/aromatic N) is 3. The summed E-state index contributed by atoms with van der Waals surface area (Å²) in [6.45, 7) is 0. The van der Waals surface area contributed by atoms with Crippen LogP contribution in [0, 0.1) is 0 Å². The first kappa shape index (κ1) is 12.2. The monoisotopic (exact) mass is 266 g/mol. The van der Waals surface area contributed by atoms with E-state index in [0.29, 0.717) is 5.13 Å². The molecule has 0 spiro atoms. The maximum atomic E-state index is 11.9.